The van der Waals surface area contributed by atoms with Gasteiger partial charge in [-0.25, -0.2) is 0 Å². The molecule has 21 heavy (non-hydrogen) atoms. The second-order valence-corrected chi connectivity index (χ2v) is 5.26. The van der Waals surface area contributed by atoms with Crippen LogP contribution in [-0.4, -0.2) is 64.8 Å². The van der Waals surface area contributed by atoms with Crippen LogP contribution < -0.4 is 0 Å². The second-order valence-electron chi connectivity index (χ2n) is 5.26. The fourth-order valence-corrected chi connectivity index (χ4v) is 2.27. The van der Waals surface area contributed by atoms with Gasteiger partial charge in [-0.1, -0.05) is 0 Å². The Morgan fingerprint density at radius 3 is 2.00 bits per heavy atom. The molecule has 3 heterocycles. The lowest BCUT2D eigenvalue weighted by molar-refractivity contribution is -0.283. The number of ether oxygens (including phenoxy) is 7. The minimum absolute atomic E-state index is 0.0532. The molecule has 0 bridgehead atoms. The average Bonchev–Trinajstić information content (AvgIpc) is 3.14. The lowest BCUT2D eigenvalue weighted by atomic mass is 10.2. The van der Waals surface area contributed by atoms with Crippen molar-refractivity contribution in [3.8, 4) is 0 Å². The van der Waals surface area contributed by atoms with Crippen LogP contribution in [0.25, 0.3) is 0 Å². The molecule has 0 spiro atoms. The fraction of sp³-hybridized carbons (Fsp3) is 0.857. The van der Waals surface area contributed by atoms with E-state index < -0.39 is 11.6 Å². The first-order valence-electron chi connectivity index (χ1n) is 6.77. The Labute approximate surface area is 125 Å². The number of rotatable bonds is 4. The highest BCUT2D eigenvalue weighted by atomic mass is 16.8. The van der Waals surface area contributed by atoms with Crippen LogP contribution in [0.15, 0.2) is 12.2 Å². The topological polar surface area (TPSA) is 67.9 Å². The molecule has 0 aromatic carbocycles. The summed E-state index contributed by atoms with van der Waals surface area (Å²) in [5.41, 5.74) is 0. The van der Waals surface area contributed by atoms with Crippen molar-refractivity contribution in [2.45, 2.75) is 50.2 Å². The van der Waals surface area contributed by atoms with Crippen LogP contribution in [0.5, 0.6) is 0 Å². The molecule has 0 amide bonds. The van der Waals surface area contributed by atoms with Crippen LogP contribution in [0.4, 0.5) is 0 Å². The predicted molar refractivity (Wildman–Crippen MR) is 72.4 cm³/mol. The molecule has 2 fully saturated rings. The van der Waals surface area contributed by atoms with E-state index in [9.17, 15) is 0 Å². The Morgan fingerprint density at radius 1 is 0.952 bits per heavy atom. The summed E-state index contributed by atoms with van der Waals surface area (Å²) >= 11 is 0. The summed E-state index contributed by atoms with van der Waals surface area (Å²) in [5, 5.41) is 0. The number of fused-ring (bicyclic) bond motifs is 1. The number of methoxy groups -OCH3 is 4. The highest BCUT2D eigenvalue weighted by Gasteiger charge is 2.65. The van der Waals surface area contributed by atoms with Gasteiger partial charge in [-0.3, -0.25) is 0 Å². The standard InChI is InChI=1S/C7H12O4.C7H12O3/c1-7(9-3)5-4(10-5)6(8-2)11-7;1-7(9-3)5-4-6(8-2)10-7/h4-6H,1-3H3;4-6H,1-3H3. The van der Waals surface area contributed by atoms with Gasteiger partial charge < -0.3 is 33.2 Å². The summed E-state index contributed by atoms with van der Waals surface area (Å²) in [5.74, 6) is -1.20. The normalized spacial score (nSPS) is 47.0. The maximum Gasteiger partial charge on any atom is 0.197 e. The molecule has 7 nitrogen and oxygen atoms in total. The van der Waals surface area contributed by atoms with Crippen LogP contribution in [0.2, 0.25) is 0 Å². The van der Waals surface area contributed by atoms with E-state index in [4.69, 9.17) is 33.2 Å². The van der Waals surface area contributed by atoms with Crippen molar-refractivity contribution in [3.63, 3.8) is 0 Å². The zero-order valence-electron chi connectivity index (χ0n) is 13.3. The minimum Gasteiger partial charge on any atom is -0.358 e. The Kier molecular flexibility index (Phi) is 5.04. The van der Waals surface area contributed by atoms with Crippen LogP contribution in [0, 0.1) is 0 Å². The zero-order chi connectivity index (χ0) is 15.7. The molecule has 6 unspecified atom stereocenters. The van der Waals surface area contributed by atoms with Gasteiger partial charge in [0.25, 0.3) is 0 Å². The molecule has 0 aromatic rings. The smallest absolute Gasteiger partial charge is 0.197 e. The molecular weight excluding hydrogens is 280 g/mol. The summed E-state index contributed by atoms with van der Waals surface area (Å²) in [4.78, 5) is 0. The second kappa shape index (κ2) is 6.29. The van der Waals surface area contributed by atoms with E-state index in [1.807, 2.05) is 26.0 Å². The summed E-state index contributed by atoms with van der Waals surface area (Å²) in [7, 11) is 6.40. The molecule has 2 saturated heterocycles. The molecule has 6 atom stereocenters. The lowest BCUT2D eigenvalue weighted by Gasteiger charge is -2.24. The van der Waals surface area contributed by atoms with E-state index in [0.717, 1.165) is 0 Å². The van der Waals surface area contributed by atoms with Crippen LogP contribution in [0.1, 0.15) is 13.8 Å². The molecule has 0 aliphatic carbocycles. The molecule has 3 aliphatic rings. The monoisotopic (exact) mass is 304 g/mol. The van der Waals surface area contributed by atoms with Crippen LogP contribution >= 0.6 is 0 Å². The molecule has 3 rings (SSSR count). The van der Waals surface area contributed by atoms with Crippen molar-refractivity contribution >= 4 is 0 Å². The van der Waals surface area contributed by atoms with Gasteiger partial charge in [0.1, 0.15) is 12.2 Å². The Balaban J connectivity index is 0.000000155. The van der Waals surface area contributed by atoms with E-state index in [-0.39, 0.29) is 24.8 Å². The first kappa shape index (κ1) is 16.8. The van der Waals surface area contributed by atoms with Gasteiger partial charge in [0.15, 0.2) is 24.2 Å². The molecule has 0 radical (unpaired) electrons. The Hall–Kier alpha value is -0.540. The lowest BCUT2D eigenvalue weighted by Crippen LogP contribution is -2.35. The molecule has 0 N–H and O–H groups in total. The minimum atomic E-state index is -0.606. The number of hydrogen-bond acceptors (Lipinski definition) is 7. The fourth-order valence-electron chi connectivity index (χ4n) is 2.27. The first-order chi connectivity index (χ1) is 9.91. The molecule has 0 saturated carbocycles. The largest absolute Gasteiger partial charge is 0.358 e. The molecule has 7 heteroatoms. The maximum atomic E-state index is 5.44. The first-order valence-corrected chi connectivity index (χ1v) is 6.77. The summed E-state index contributed by atoms with van der Waals surface area (Å²) in [6.07, 6.45) is 3.27. The van der Waals surface area contributed by atoms with Crippen molar-refractivity contribution in [1.29, 1.82) is 0 Å². The van der Waals surface area contributed by atoms with E-state index in [2.05, 4.69) is 0 Å². The van der Waals surface area contributed by atoms with Gasteiger partial charge in [0, 0.05) is 28.4 Å². The third-order valence-corrected chi connectivity index (χ3v) is 3.84. The zero-order valence-corrected chi connectivity index (χ0v) is 13.3. The molecule has 122 valence electrons. The SMILES string of the molecule is COC1C=CC(C)(OC)O1.COC1OC(C)(OC)C2OC12. The molecule has 0 aromatic heterocycles. The third-order valence-electron chi connectivity index (χ3n) is 3.84. The predicted octanol–water partition coefficient (Wildman–Crippen LogP) is 1.03. The van der Waals surface area contributed by atoms with E-state index in [1.54, 1.807) is 28.4 Å². The highest BCUT2D eigenvalue weighted by Crippen LogP contribution is 2.46. The Bertz CT molecular complexity index is 386. The number of hydrogen-bond donors (Lipinski definition) is 0. The van der Waals surface area contributed by atoms with Crippen molar-refractivity contribution in [1.82, 2.24) is 0 Å². The van der Waals surface area contributed by atoms with Gasteiger partial charge in [0.2, 0.25) is 0 Å². The molecular formula is C14H24O7. The van der Waals surface area contributed by atoms with E-state index >= 15 is 0 Å². The van der Waals surface area contributed by atoms with Crippen molar-refractivity contribution in [3.05, 3.63) is 12.2 Å². The average molecular weight is 304 g/mol. The van der Waals surface area contributed by atoms with Crippen molar-refractivity contribution in [2.75, 3.05) is 28.4 Å². The van der Waals surface area contributed by atoms with Gasteiger partial charge >= 0.3 is 0 Å². The van der Waals surface area contributed by atoms with Gasteiger partial charge in [0.05, 0.1) is 0 Å². The highest BCUT2D eigenvalue weighted by molar-refractivity contribution is 5.03. The molecule has 3 aliphatic heterocycles. The Morgan fingerprint density at radius 2 is 1.67 bits per heavy atom. The maximum absolute atomic E-state index is 5.44. The van der Waals surface area contributed by atoms with Crippen LogP contribution in [0.3, 0.4) is 0 Å². The van der Waals surface area contributed by atoms with Crippen molar-refractivity contribution < 1.29 is 33.2 Å². The van der Waals surface area contributed by atoms with Gasteiger partial charge in [-0.15, -0.1) is 0 Å². The van der Waals surface area contributed by atoms with Crippen LogP contribution in [-0.2, 0) is 33.2 Å². The van der Waals surface area contributed by atoms with Gasteiger partial charge in [-0.05, 0) is 26.0 Å². The summed E-state index contributed by atoms with van der Waals surface area (Å²) < 4.78 is 36.2. The summed E-state index contributed by atoms with van der Waals surface area (Å²) in [6, 6.07) is 0. The third kappa shape index (κ3) is 3.45. The quantitative estimate of drug-likeness (QED) is 0.567. The number of epoxide rings is 1. The van der Waals surface area contributed by atoms with Crippen molar-refractivity contribution in [2.24, 2.45) is 0 Å². The van der Waals surface area contributed by atoms with E-state index in [0.29, 0.717) is 0 Å². The summed E-state index contributed by atoms with van der Waals surface area (Å²) in [6.45, 7) is 3.69. The van der Waals surface area contributed by atoms with Gasteiger partial charge in [-0.2, -0.15) is 0 Å². The van der Waals surface area contributed by atoms with E-state index in [1.165, 1.54) is 0 Å².